The summed E-state index contributed by atoms with van der Waals surface area (Å²) in [7, 11) is -3.63. The minimum absolute atomic E-state index is 0.0445. The topological polar surface area (TPSA) is 71.2 Å². The summed E-state index contributed by atoms with van der Waals surface area (Å²) in [5.74, 6) is 0.645. The van der Waals surface area contributed by atoms with E-state index in [-0.39, 0.29) is 11.0 Å². The van der Waals surface area contributed by atoms with Gasteiger partial charge in [-0.15, -0.1) is 0 Å². The van der Waals surface area contributed by atoms with Gasteiger partial charge >= 0.3 is 0 Å². The van der Waals surface area contributed by atoms with Crippen LogP contribution in [0.4, 0.5) is 5.69 Å². The molecule has 0 saturated carbocycles. The fourth-order valence-corrected chi connectivity index (χ4v) is 3.34. The fraction of sp³-hybridized carbons (Fsp3) is 0.176. The highest BCUT2D eigenvalue weighted by molar-refractivity contribution is 7.92. The quantitative estimate of drug-likeness (QED) is 0.748. The Labute approximate surface area is 135 Å². The number of anilines is 1. The summed E-state index contributed by atoms with van der Waals surface area (Å²) >= 11 is 0. The van der Waals surface area contributed by atoms with Gasteiger partial charge in [-0.25, -0.2) is 8.42 Å². The van der Waals surface area contributed by atoms with Crippen LogP contribution in [0.5, 0.6) is 5.75 Å². The highest BCUT2D eigenvalue weighted by Gasteiger charge is 2.14. The molecule has 3 rings (SSSR count). The molecule has 0 aliphatic rings. The van der Waals surface area contributed by atoms with Crippen LogP contribution in [0.2, 0.25) is 0 Å². The van der Waals surface area contributed by atoms with Crippen LogP contribution in [0.25, 0.3) is 10.9 Å². The molecule has 0 atom stereocenters. The fourth-order valence-electron chi connectivity index (χ4n) is 2.29. The molecule has 0 aliphatic carbocycles. The molecule has 5 nitrogen and oxygen atoms in total. The summed E-state index contributed by atoms with van der Waals surface area (Å²) in [5.41, 5.74) is 1.40. The lowest BCUT2D eigenvalue weighted by molar-refractivity contribution is 0.242. The van der Waals surface area contributed by atoms with E-state index < -0.39 is 10.0 Å². The normalized spacial score (nSPS) is 11.8. The average Bonchev–Trinajstić information content (AvgIpc) is 2.94. The van der Waals surface area contributed by atoms with E-state index in [1.807, 2.05) is 32.2 Å². The van der Waals surface area contributed by atoms with Crippen LogP contribution in [0.15, 0.2) is 59.6 Å². The summed E-state index contributed by atoms with van der Waals surface area (Å²) in [5, 5.41) is 1.03. The van der Waals surface area contributed by atoms with E-state index in [2.05, 4.69) is 9.71 Å². The van der Waals surface area contributed by atoms with Crippen molar-refractivity contribution in [2.45, 2.75) is 24.8 Å². The van der Waals surface area contributed by atoms with Gasteiger partial charge in [0.05, 0.1) is 16.7 Å². The van der Waals surface area contributed by atoms with E-state index in [9.17, 15) is 8.42 Å². The van der Waals surface area contributed by atoms with E-state index in [0.717, 1.165) is 10.9 Å². The lowest BCUT2D eigenvalue weighted by Gasteiger charge is -2.11. The predicted octanol–water partition coefficient (Wildman–Crippen LogP) is 3.76. The number of sulfonamides is 1. The molecular formula is C17H18N2O3S. The second kappa shape index (κ2) is 5.96. The Morgan fingerprint density at radius 2 is 1.78 bits per heavy atom. The number of hydrogen-bond donors (Lipinski definition) is 2. The van der Waals surface area contributed by atoms with Gasteiger partial charge in [0.25, 0.3) is 10.0 Å². The molecule has 0 unspecified atom stereocenters. The number of hydrogen-bond acceptors (Lipinski definition) is 3. The number of H-pyrrole nitrogens is 1. The third kappa shape index (κ3) is 3.48. The van der Waals surface area contributed by atoms with Gasteiger partial charge in [0.2, 0.25) is 0 Å². The zero-order valence-corrected chi connectivity index (χ0v) is 13.7. The molecule has 1 aromatic heterocycles. The summed E-state index contributed by atoms with van der Waals surface area (Å²) in [6, 6.07) is 13.7. The van der Waals surface area contributed by atoms with Gasteiger partial charge in [-0.1, -0.05) is 6.07 Å². The van der Waals surface area contributed by atoms with Crippen molar-refractivity contribution in [3.63, 3.8) is 0 Å². The number of benzene rings is 2. The Kier molecular flexibility index (Phi) is 4.00. The maximum atomic E-state index is 12.4. The van der Waals surface area contributed by atoms with Gasteiger partial charge in [-0.05, 0) is 61.7 Å². The molecule has 0 radical (unpaired) electrons. The van der Waals surface area contributed by atoms with Crippen molar-refractivity contribution in [2.24, 2.45) is 0 Å². The van der Waals surface area contributed by atoms with Crippen molar-refractivity contribution < 1.29 is 13.2 Å². The highest BCUT2D eigenvalue weighted by Crippen LogP contribution is 2.22. The third-order valence-corrected chi connectivity index (χ3v) is 4.71. The first-order chi connectivity index (χ1) is 10.9. The van der Waals surface area contributed by atoms with Gasteiger partial charge in [0, 0.05) is 11.7 Å². The van der Waals surface area contributed by atoms with Crippen LogP contribution in [0.3, 0.4) is 0 Å². The van der Waals surface area contributed by atoms with E-state index in [4.69, 9.17) is 4.74 Å². The van der Waals surface area contributed by atoms with Gasteiger partial charge in [-0.2, -0.15) is 0 Å². The highest BCUT2D eigenvalue weighted by atomic mass is 32.2. The lowest BCUT2D eigenvalue weighted by atomic mass is 10.2. The molecule has 2 aromatic carbocycles. The Balaban J connectivity index is 1.83. The molecule has 0 aliphatic heterocycles. The Morgan fingerprint density at radius 3 is 2.48 bits per heavy atom. The Morgan fingerprint density at radius 1 is 1.04 bits per heavy atom. The van der Waals surface area contributed by atoms with Crippen LogP contribution >= 0.6 is 0 Å². The van der Waals surface area contributed by atoms with Gasteiger partial charge < -0.3 is 9.72 Å². The first-order valence-electron chi connectivity index (χ1n) is 7.31. The minimum Gasteiger partial charge on any atom is -0.491 e. The Bertz CT molecular complexity index is 912. The maximum absolute atomic E-state index is 12.4. The van der Waals surface area contributed by atoms with Crippen LogP contribution in [0.1, 0.15) is 13.8 Å². The SMILES string of the molecule is CC(C)Oc1ccc(S(=O)(=O)Nc2ccc3cc[nH]c3c2)cc1. The number of aromatic amines is 1. The Hall–Kier alpha value is -2.47. The number of fused-ring (bicyclic) bond motifs is 1. The molecule has 0 spiro atoms. The molecule has 0 bridgehead atoms. The lowest BCUT2D eigenvalue weighted by Crippen LogP contribution is -2.13. The van der Waals surface area contributed by atoms with Crippen molar-refractivity contribution in [3.8, 4) is 5.75 Å². The van der Waals surface area contributed by atoms with Crippen molar-refractivity contribution >= 4 is 26.6 Å². The molecule has 1 heterocycles. The van der Waals surface area contributed by atoms with E-state index in [1.165, 1.54) is 12.1 Å². The zero-order valence-electron chi connectivity index (χ0n) is 12.9. The van der Waals surface area contributed by atoms with Gasteiger partial charge in [0.15, 0.2) is 0 Å². The maximum Gasteiger partial charge on any atom is 0.261 e. The van der Waals surface area contributed by atoms with Crippen molar-refractivity contribution in [3.05, 3.63) is 54.7 Å². The smallest absolute Gasteiger partial charge is 0.261 e. The molecule has 0 amide bonds. The molecular weight excluding hydrogens is 312 g/mol. The number of ether oxygens (including phenoxy) is 1. The van der Waals surface area contributed by atoms with Gasteiger partial charge in [-0.3, -0.25) is 4.72 Å². The predicted molar refractivity (Wildman–Crippen MR) is 91.3 cm³/mol. The van der Waals surface area contributed by atoms with Crippen LogP contribution in [-0.2, 0) is 10.0 Å². The van der Waals surface area contributed by atoms with Crippen LogP contribution in [0, 0.1) is 0 Å². The summed E-state index contributed by atoms with van der Waals surface area (Å²) < 4.78 is 33.0. The second-order valence-corrected chi connectivity index (χ2v) is 7.21. The molecule has 0 fully saturated rings. The minimum atomic E-state index is -3.63. The van der Waals surface area contributed by atoms with Crippen molar-refractivity contribution in [1.29, 1.82) is 0 Å². The zero-order chi connectivity index (χ0) is 16.4. The summed E-state index contributed by atoms with van der Waals surface area (Å²) in [6.07, 6.45) is 1.86. The molecule has 0 saturated heterocycles. The molecule has 23 heavy (non-hydrogen) atoms. The molecule has 6 heteroatoms. The molecule has 120 valence electrons. The van der Waals surface area contributed by atoms with Crippen molar-refractivity contribution in [2.75, 3.05) is 4.72 Å². The largest absolute Gasteiger partial charge is 0.491 e. The third-order valence-electron chi connectivity index (χ3n) is 3.31. The number of nitrogens with one attached hydrogen (secondary N) is 2. The van der Waals surface area contributed by atoms with E-state index in [0.29, 0.717) is 11.4 Å². The van der Waals surface area contributed by atoms with Gasteiger partial charge in [0.1, 0.15) is 5.75 Å². The summed E-state index contributed by atoms with van der Waals surface area (Å²) in [4.78, 5) is 3.25. The average molecular weight is 330 g/mol. The van der Waals surface area contributed by atoms with Crippen LogP contribution in [-0.4, -0.2) is 19.5 Å². The van der Waals surface area contributed by atoms with Crippen LogP contribution < -0.4 is 9.46 Å². The standard InChI is InChI=1S/C17H18N2O3S/c1-12(2)22-15-5-7-16(8-6-15)23(20,21)19-14-4-3-13-9-10-18-17(13)11-14/h3-12,18-19H,1-2H3. The molecule has 3 aromatic rings. The van der Waals surface area contributed by atoms with E-state index >= 15 is 0 Å². The monoisotopic (exact) mass is 330 g/mol. The first-order valence-corrected chi connectivity index (χ1v) is 8.79. The van der Waals surface area contributed by atoms with E-state index in [1.54, 1.807) is 24.3 Å². The second-order valence-electron chi connectivity index (χ2n) is 5.52. The molecule has 2 N–H and O–H groups in total. The number of aromatic nitrogens is 1. The summed E-state index contributed by atoms with van der Waals surface area (Å²) in [6.45, 7) is 3.84. The first kappa shape index (κ1) is 15.4. The number of rotatable bonds is 5. The van der Waals surface area contributed by atoms with Crippen molar-refractivity contribution in [1.82, 2.24) is 4.98 Å².